The number of aromatic nitrogens is 5. The summed E-state index contributed by atoms with van der Waals surface area (Å²) in [4.78, 5) is 14.3. The van der Waals surface area contributed by atoms with Gasteiger partial charge in [-0.25, -0.2) is 18.4 Å². The average molecular weight is 411 g/mol. The second-order valence-electron chi connectivity index (χ2n) is 7.81. The van der Waals surface area contributed by atoms with Crippen LogP contribution in [0.15, 0.2) is 47.9 Å². The molecule has 3 aromatic heterocycles. The summed E-state index contributed by atoms with van der Waals surface area (Å²) in [5, 5.41) is 6.02. The highest BCUT2D eigenvalue weighted by molar-refractivity contribution is 7.91. The Morgan fingerprint density at radius 2 is 2.07 bits per heavy atom. The summed E-state index contributed by atoms with van der Waals surface area (Å²) >= 11 is 0. The summed E-state index contributed by atoms with van der Waals surface area (Å²) in [6.07, 6.45) is 6.78. The zero-order valence-electron chi connectivity index (χ0n) is 16.3. The minimum Gasteiger partial charge on any atom is -0.356 e. The van der Waals surface area contributed by atoms with Crippen LogP contribution in [0.5, 0.6) is 0 Å². The molecule has 5 rings (SSSR count). The molecule has 4 aromatic rings. The lowest BCUT2D eigenvalue weighted by Gasteiger charge is -2.41. The third kappa shape index (κ3) is 3.05. The third-order valence-electron chi connectivity index (χ3n) is 5.96. The number of rotatable bonds is 5. The second kappa shape index (κ2) is 6.55. The molecular weight excluding hydrogens is 388 g/mol. The number of hydrogen-bond donors (Lipinski definition) is 1. The molecule has 0 spiro atoms. The number of aromatic amines is 1. The van der Waals surface area contributed by atoms with E-state index < -0.39 is 9.84 Å². The van der Waals surface area contributed by atoms with Crippen molar-refractivity contribution in [2.24, 2.45) is 13.0 Å². The van der Waals surface area contributed by atoms with Gasteiger partial charge in [0.2, 0.25) is 0 Å². The molecule has 0 unspecified atom stereocenters. The van der Waals surface area contributed by atoms with Crippen molar-refractivity contribution in [3.05, 3.63) is 43.0 Å². The lowest BCUT2D eigenvalue weighted by Crippen LogP contribution is -2.45. The van der Waals surface area contributed by atoms with Gasteiger partial charge in [0.05, 0.1) is 27.7 Å². The van der Waals surface area contributed by atoms with Crippen LogP contribution in [0.1, 0.15) is 12.8 Å². The number of nitrogens with zero attached hydrogens (tertiary/aromatic N) is 5. The molecule has 0 atom stereocenters. The number of fused-ring (bicyclic) bond motifs is 2. The highest BCUT2D eigenvalue weighted by Crippen LogP contribution is 2.36. The summed E-state index contributed by atoms with van der Waals surface area (Å²) in [6, 6.07) is 7.48. The molecule has 0 radical (unpaired) electrons. The van der Waals surface area contributed by atoms with Crippen molar-refractivity contribution in [2.75, 3.05) is 17.7 Å². The van der Waals surface area contributed by atoms with Gasteiger partial charge in [-0.15, -0.1) is 0 Å². The second-order valence-corrected chi connectivity index (χ2v) is 9.84. The van der Waals surface area contributed by atoms with Crippen LogP contribution >= 0.6 is 0 Å². The molecule has 3 heterocycles. The van der Waals surface area contributed by atoms with Gasteiger partial charge < -0.3 is 9.88 Å². The summed E-state index contributed by atoms with van der Waals surface area (Å²) in [7, 11) is 0.534. The highest BCUT2D eigenvalue weighted by Gasteiger charge is 2.36. The Hall–Kier alpha value is -2.94. The van der Waals surface area contributed by atoms with E-state index in [2.05, 4.69) is 25.0 Å². The van der Waals surface area contributed by atoms with Crippen molar-refractivity contribution >= 4 is 37.6 Å². The number of nitrogens with one attached hydrogen (secondary N) is 1. The fraction of sp³-hybridized carbons (Fsp3) is 0.350. The Morgan fingerprint density at radius 3 is 2.90 bits per heavy atom. The van der Waals surface area contributed by atoms with Gasteiger partial charge >= 0.3 is 0 Å². The quantitative estimate of drug-likeness (QED) is 0.543. The maximum Gasteiger partial charge on any atom is 0.178 e. The molecule has 0 amide bonds. The van der Waals surface area contributed by atoms with Crippen molar-refractivity contribution in [2.45, 2.75) is 23.8 Å². The first kappa shape index (κ1) is 18.1. The fourth-order valence-electron chi connectivity index (χ4n) is 4.21. The minimum atomic E-state index is -3.33. The number of aryl methyl sites for hydroxylation is 1. The van der Waals surface area contributed by atoms with E-state index in [9.17, 15) is 8.42 Å². The highest BCUT2D eigenvalue weighted by atomic mass is 32.2. The Labute approximate surface area is 168 Å². The molecule has 1 aliphatic carbocycles. The Kier molecular flexibility index (Phi) is 4.09. The van der Waals surface area contributed by atoms with E-state index in [1.54, 1.807) is 29.3 Å². The standard InChI is InChI=1S/C20H22N6O2S/c1-25(20-17-5-6-21-19(17)22-12-23-20)15-7-13(8-15)11-29(27,28)16-3-4-18-14(9-16)10-24-26(18)2/h3-6,9-10,12-13,15H,7-8,11H2,1-2H3,(H,21,22,23). The number of hydrogen-bond acceptors (Lipinski definition) is 6. The van der Waals surface area contributed by atoms with Gasteiger partial charge in [-0.05, 0) is 43.0 Å². The zero-order chi connectivity index (χ0) is 20.2. The van der Waals surface area contributed by atoms with Crippen LogP contribution in [0.4, 0.5) is 5.82 Å². The van der Waals surface area contributed by atoms with E-state index in [0.29, 0.717) is 4.90 Å². The Morgan fingerprint density at radius 1 is 1.24 bits per heavy atom. The molecule has 9 heteroatoms. The predicted octanol–water partition coefficient (Wildman–Crippen LogP) is 2.53. The molecule has 0 aliphatic heterocycles. The van der Waals surface area contributed by atoms with Crippen LogP contribution in [-0.2, 0) is 16.9 Å². The monoisotopic (exact) mass is 410 g/mol. The van der Waals surface area contributed by atoms with Crippen LogP contribution in [0.25, 0.3) is 21.9 Å². The van der Waals surface area contributed by atoms with E-state index in [4.69, 9.17) is 0 Å². The molecule has 8 nitrogen and oxygen atoms in total. The Bertz CT molecular complexity index is 1300. The molecule has 1 fully saturated rings. The van der Waals surface area contributed by atoms with Crippen LogP contribution in [0, 0.1) is 5.92 Å². The van der Waals surface area contributed by atoms with Gasteiger partial charge in [0.15, 0.2) is 9.84 Å². The smallest absolute Gasteiger partial charge is 0.178 e. The molecule has 0 bridgehead atoms. The third-order valence-corrected chi connectivity index (χ3v) is 7.84. The Balaban J connectivity index is 1.28. The number of anilines is 1. The lowest BCUT2D eigenvalue weighted by molar-refractivity contribution is 0.282. The van der Waals surface area contributed by atoms with Gasteiger partial charge in [-0.1, -0.05) is 0 Å². The summed E-state index contributed by atoms with van der Waals surface area (Å²) in [5.74, 6) is 1.21. The molecule has 0 saturated heterocycles. The van der Waals surface area contributed by atoms with Gasteiger partial charge in [0, 0.05) is 31.7 Å². The SMILES string of the molecule is CN(c1ncnc2[nH]ccc12)C1CC(CS(=O)(=O)c2ccc3c(cnn3C)c2)C1. The van der Waals surface area contributed by atoms with Gasteiger partial charge in [-0.3, -0.25) is 4.68 Å². The predicted molar refractivity (Wildman–Crippen MR) is 112 cm³/mol. The average Bonchev–Trinajstić information content (AvgIpc) is 3.30. The van der Waals surface area contributed by atoms with Crippen LogP contribution in [0.3, 0.4) is 0 Å². The minimum absolute atomic E-state index is 0.153. The summed E-state index contributed by atoms with van der Waals surface area (Å²) < 4.78 is 27.6. The largest absolute Gasteiger partial charge is 0.356 e. The summed E-state index contributed by atoms with van der Waals surface area (Å²) in [5.41, 5.74) is 1.74. The van der Waals surface area contributed by atoms with Crippen molar-refractivity contribution in [1.82, 2.24) is 24.7 Å². The molecule has 1 aromatic carbocycles. The van der Waals surface area contributed by atoms with Crippen LogP contribution in [-0.4, -0.2) is 52.0 Å². The van der Waals surface area contributed by atoms with Crippen molar-refractivity contribution < 1.29 is 8.42 Å². The zero-order valence-corrected chi connectivity index (χ0v) is 17.1. The maximum atomic E-state index is 12.9. The van der Waals surface area contributed by atoms with Crippen molar-refractivity contribution in [1.29, 1.82) is 0 Å². The van der Waals surface area contributed by atoms with Crippen molar-refractivity contribution in [3.63, 3.8) is 0 Å². The molecule has 150 valence electrons. The molecule has 1 saturated carbocycles. The first-order chi connectivity index (χ1) is 13.9. The van der Waals surface area contributed by atoms with Gasteiger partial charge in [0.25, 0.3) is 0 Å². The lowest BCUT2D eigenvalue weighted by atomic mass is 9.81. The van der Waals surface area contributed by atoms with Crippen molar-refractivity contribution in [3.8, 4) is 0 Å². The first-order valence-corrected chi connectivity index (χ1v) is 11.2. The molecule has 1 aliphatic rings. The molecular formula is C20H22N6O2S. The van der Waals surface area contributed by atoms with Crippen LogP contribution in [0.2, 0.25) is 0 Å². The van der Waals surface area contributed by atoms with E-state index in [0.717, 1.165) is 40.6 Å². The normalized spacial score (nSPS) is 19.5. The number of benzene rings is 1. The van der Waals surface area contributed by atoms with E-state index in [-0.39, 0.29) is 17.7 Å². The van der Waals surface area contributed by atoms with Crippen LogP contribution < -0.4 is 4.90 Å². The first-order valence-electron chi connectivity index (χ1n) is 9.58. The topological polar surface area (TPSA) is 96.8 Å². The van der Waals surface area contributed by atoms with Gasteiger partial charge in [-0.2, -0.15) is 5.10 Å². The van der Waals surface area contributed by atoms with E-state index in [1.165, 1.54) is 0 Å². The maximum absolute atomic E-state index is 12.9. The van der Waals surface area contributed by atoms with Gasteiger partial charge in [0.1, 0.15) is 17.8 Å². The fourth-order valence-corrected chi connectivity index (χ4v) is 5.87. The van der Waals surface area contributed by atoms with E-state index in [1.807, 2.05) is 32.4 Å². The molecule has 1 N–H and O–H groups in total. The number of sulfone groups is 1. The molecule has 29 heavy (non-hydrogen) atoms. The summed E-state index contributed by atoms with van der Waals surface area (Å²) in [6.45, 7) is 0. The number of H-pyrrole nitrogens is 1. The van der Waals surface area contributed by atoms with E-state index >= 15 is 0 Å².